The molecule has 42 heavy (non-hydrogen) atoms. The monoisotopic (exact) mass is 567 g/mol. The lowest BCUT2D eigenvalue weighted by atomic mass is 9.90. The van der Waals surface area contributed by atoms with Crippen molar-refractivity contribution < 1.29 is 23.5 Å². The Labute approximate surface area is 241 Å². The van der Waals surface area contributed by atoms with Gasteiger partial charge in [0.15, 0.2) is 0 Å². The Hall–Kier alpha value is -5.17. The van der Waals surface area contributed by atoms with E-state index in [9.17, 15) is 23.5 Å². The molecule has 2 N–H and O–H groups in total. The number of fused-ring (bicyclic) bond motifs is 1. The molecular formula is C32H27F2N5O3. The summed E-state index contributed by atoms with van der Waals surface area (Å²) in [6.07, 6.45) is 3.19. The number of carbonyl (C=O) groups is 2. The number of carbonyl (C=O) groups excluding carboxylic acids is 1. The predicted molar refractivity (Wildman–Crippen MR) is 151 cm³/mol. The van der Waals surface area contributed by atoms with Crippen LogP contribution < -0.4 is 5.32 Å². The second-order valence-corrected chi connectivity index (χ2v) is 10.9. The van der Waals surface area contributed by atoms with E-state index in [4.69, 9.17) is 4.98 Å². The fourth-order valence-corrected chi connectivity index (χ4v) is 5.07. The number of pyridine rings is 1. The van der Waals surface area contributed by atoms with E-state index in [1.807, 2.05) is 12.1 Å². The Kier molecular flexibility index (Phi) is 7.68. The molecule has 212 valence electrons. The largest absolute Gasteiger partial charge is 0.465 e. The standard InChI is InChI=1S/C32H27F2N5O3/c1-32(2,3)39(31(41)42)28(12-20-10-23(33)14-24(34)11-20)29-26(21-5-6-22-17-37-30(40)27(22)13-21)9-8-25(38-29)7-4-19-15-35-18-36-16-19/h5-6,8-11,13-16,18,28H,12,17H2,1-3H3,(H,37,40)(H,41,42). The molecule has 1 aliphatic heterocycles. The molecular weight excluding hydrogens is 540 g/mol. The lowest BCUT2D eigenvalue weighted by molar-refractivity contribution is 0.0684. The third kappa shape index (κ3) is 6.10. The fraction of sp³-hybridized carbons (Fsp3) is 0.219. The first kappa shape index (κ1) is 28.4. The number of carboxylic acid groups (broad SMARTS) is 1. The summed E-state index contributed by atoms with van der Waals surface area (Å²) in [4.78, 5) is 39.2. The number of amides is 2. The number of hydrogen-bond donors (Lipinski definition) is 2. The minimum atomic E-state index is -1.23. The van der Waals surface area contributed by atoms with Gasteiger partial charge in [0.25, 0.3) is 5.91 Å². The van der Waals surface area contributed by atoms with Crippen LogP contribution in [0, 0.1) is 23.5 Å². The average molecular weight is 568 g/mol. The zero-order valence-corrected chi connectivity index (χ0v) is 23.2. The number of nitrogens with zero attached hydrogens (tertiary/aromatic N) is 4. The van der Waals surface area contributed by atoms with Crippen molar-refractivity contribution in [1.82, 2.24) is 25.2 Å². The number of rotatable bonds is 5. The summed E-state index contributed by atoms with van der Waals surface area (Å²) < 4.78 is 28.5. The van der Waals surface area contributed by atoms with Gasteiger partial charge in [0.2, 0.25) is 0 Å². The van der Waals surface area contributed by atoms with Gasteiger partial charge in [0, 0.05) is 41.7 Å². The van der Waals surface area contributed by atoms with Crippen LogP contribution in [0.25, 0.3) is 11.1 Å². The highest BCUT2D eigenvalue weighted by Gasteiger charge is 2.37. The van der Waals surface area contributed by atoms with Gasteiger partial charge < -0.3 is 10.4 Å². The quantitative estimate of drug-likeness (QED) is 0.308. The first-order valence-corrected chi connectivity index (χ1v) is 13.2. The molecule has 5 rings (SSSR count). The highest BCUT2D eigenvalue weighted by atomic mass is 19.1. The van der Waals surface area contributed by atoms with Gasteiger partial charge in [-0.05, 0) is 80.1 Å². The maximum absolute atomic E-state index is 14.3. The number of benzene rings is 2. The van der Waals surface area contributed by atoms with Gasteiger partial charge in [0.05, 0.1) is 17.3 Å². The van der Waals surface area contributed by atoms with Crippen molar-refractivity contribution in [3.63, 3.8) is 0 Å². The maximum atomic E-state index is 14.3. The smallest absolute Gasteiger partial charge is 0.408 e. The molecule has 0 fully saturated rings. The van der Waals surface area contributed by atoms with Crippen molar-refractivity contribution in [3.05, 3.63) is 113 Å². The molecule has 3 heterocycles. The maximum Gasteiger partial charge on any atom is 0.408 e. The Bertz CT molecular complexity index is 1720. The molecule has 0 bridgehead atoms. The SMILES string of the molecule is CC(C)(C)N(C(=O)O)C(Cc1cc(F)cc(F)c1)c1nc(C#Cc2cncnc2)ccc1-c1ccc2c(c1)C(=O)NC2. The van der Waals surface area contributed by atoms with Crippen LogP contribution >= 0.6 is 0 Å². The highest BCUT2D eigenvalue weighted by Crippen LogP contribution is 2.37. The Morgan fingerprint density at radius 1 is 1.02 bits per heavy atom. The molecule has 2 aromatic carbocycles. The van der Waals surface area contributed by atoms with E-state index < -0.39 is 29.3 Å². The predicted octanol–water partition coefficient (Wildman–Crippen LogP) is 5.52. The van der Waals surface area contributed by atoms with Gasteiger partial charge in [-0.2, -0.15) is 0 Å². The van der Waals surface area contributed by atoms with E-state index in [2.05, 4.69) is 27.1 Å². The Morgan fingerprint density at radius 2 is 1.74 bits per heavy atom. The zero-order valence-electron chi connectivity index (χ0n) is 23.2. The minimum Gasteiger partial charge on any atom is -0.465 e. The molecule has 8 nitrogen and oxygen atoms in total. The van der Waals surface area contributed by atoms with E-state index >= 15 is 0 Å². The summed E-state index contributed by atoms with van der Waals surface area (Å²) in [5, 5.41) is 13.2. The van der Waals surface area contributed by atoms with Gasteiger partial charge in [-0.1, -0.05) is 18.1 Å². The van der Waals surface area contributed by atoms with Crippen LogP contribution in [0.3, 0.4) is 0 Å². The highest BCUT2D eigenvalue weighted by molar-refractivity contribution is 5.99. The first-order chi connectivity index (χ1) is 20.0. The van der Waals surface area contributed by atoms with Crippen LogP contribution in [0.1, 0.15) is 65.2 Å². The van der Waals surface area contributed by atoms with Crippen LogP contribution in [0.4, 0.5) is 13.6 Å². The number of halogens is 2. The van der Waals surface area contributed by atoms with E-state index in [1.54, 1.807) is 51.4 Å². The Morgan fingerprint density at radius 3 is 2.40 bits per heavy atom. The third-order valence-electron chi connectivity index (χ3n) is 6.83. The normalized spacial score (nSPS) is 13.0. The molecule has 0 spiro atoms. The van der Waals surface area contributed by atoms with Crippen molar-refractivity contribution in [1.29, 1.82) is 0 Å². The van der Waals surface area contributed by atoms with Crippen LogP contribution in [-0.4, -0.2) is 42.5 Å². The lowest BCUT2D eigenvalue weighted by Crippen LogP contribution is -2.48. The molecule has 0 radical (unpaired) electrons. The summed E-state index contributed by atoms with van der Waals surface area (Å²) >= 11 is 0. The van der Waals surface area contributed by atoms with Crippen molar-refractivity contribution in [2.24, 2.45) is 0 Å². The number of hydrogen-bond acceptors (Lipinski definition) is 5. The average Bonchev–Trinajstić information content (AvgIpc) is 3.30. The topological polar surface area (TPSA) is 108 Å². The summed E-state index contributed by atoms with van der Waals surface area (Å²) in [5.41, 5.74) is 3.11. The van der Waals surface area contributed by atoms with Gasteiger partial charge in [-0.15, -0.1) is 0 Å². The summed E-state index contributed by atoms with van der Waals surface area (Å²) in [5.74, 6) is 4.18. The molecule has 1 atom stereocenters. The number of aromatic nitrogens is 3. The van der Waals surface area contributed by atoms with Gasteiger partial charge >= 0.3 is 6.09 Å². The summed E-state index contributed by atoms with van der Waals surface area (Å²) in [6.45, 7) is 5.62. The van der Waals surface area contributed by atoms with Gasteiger partial charge in [-0.25, -0.2) is 28.5 Å². The van der Waals surface area contributed by atoms with Crippen molar-refractivity contribution in [2.75, 3.05) is 0 Å². The summed E-state index contributed by atoms with van der Waals surface area (Å²) in [6, 6.07) is 11.0. The van der Waals surface area contributed by atoms with Gasteiger partial charge in [0.1, 0.15) is 23.7 Å². The van der Waals surface area contributed by atoms with E-state index in [-0.39, 0.29) is 17.9 Å². The van der Waals surface area contributed by atoms with Crippen LogP contribution in [0.5, 0.6) is 0 Å². The molecule has 0 saturated carbocycles. The zero-order chi connectivity index (χ0) is 30.0. The van der Waals surface area contributed by atoms with Gasteiger partial charge in [-0.3, -0.25) is 9.69 Å². The van der Waals surface area contributed by atoms with E-state index in [0.29, 0.717) is 40.2 Å². The molecule has 1 aliphatic rings. The van der Waals surface area contributed by atoms with E-state index in [1.165, 1.54) is 23.4 Å². The number of nitrogens with one attached hydrogen (secondary N) is 1. The Balaban J connectivity index is 1.73. The molecule has 1 unspecified atom stereocenters. The minimum absolute atomic E-state index is 0.0763. The third-order valence-corrected chi connectivity index (χ3v) is 6.83. The molecule has 2 amide bonds. The molecule has 0 saturated heterocycles. The van der Waals surface area contributed by atoms with E-state index in [0.717, 1.165) is 11.6 Å². The second kappa shape index (κ2) is 11.4. The lowest BCUT2D eigenvalue weighted by Gasteiger charge is -2.40. The van der Waals surface area contributed by atoms with Crippen LogP contribution in [-0.2, 0) is 13.0 Å². The summed E-state index contributed by atoms with van der Waals surface area (Å²) in [7, 11) is 0. The molecule has 0 aliphatic carbocycles. The molecule has 2 aromatic heterocycles. The van der Waals surface area contributed by atoms with Crippen LogP contribution in [0.2, 0.25) is 0 Å². The van der Waals surface area contributed by atoms with Crippen LogP contribution in [0.15, 0.2) is 67.3 Å². The first-order valence-electron chi connectivity index (χ1n) is 13.2. The van der Waals surface area contributed by atoms with Crippen molar-refractivity contribution in [3.8, 4) is 23.0 Å². The van der Waals surface area contributed by atoms with Crippen molar-refractivity contribution in [2.45, 2.75) is 45.3 Å². The molecule has 4 aromatic rings. The second-order valence-electron chi connectivity index (χ2n) is 10.9. The fourth-order valence-electron chi connectivity index (χ4n) is 5.07. The van der Waals surface area contributed by atoms with Crippen molar-refractivity contribution >= 4 is 12.0 Å². The molecule has 10 heteroatoms.